The highest BCUT2D eigenvalue weighted by atomic mass is 79.9. The molecule has 0 unspecified atom stereocenters. The number of fused-ring (bicyclic) bond motifs is 2. The van der Waals surface area contributed by atoms with Crippen LogP contribution in [0.1, 0.15) is 10.4 Å². The molecule has 24 heavy (non-hydrogen) atoms. The Kier molecular flexibility index (Phi) is 4.72. The Morgan fingerprint density at radius 1 is 0.750 bits per heavy atom. The second kappa shape index (κ2) is 6.93. The molecular formula is C21H17BrNO+. The van der Waals surface area contributed by atoms with Gasteiger partial charge in [-0.05, 0) is 28.3 Å². The van der Waals surface area contributed by atoms with Gasteiger partial charge in [0.25, 0.3) is 0 Å². The summed E-state index contributed by atoms with van der Waals surface area (Å²) in [5, 5.41) is 4.58. The van der Waals surface area contributed by atoms with Crippen molar-refractivity contribution in [2.24, 2.45) is 0 Å². The van der Waals surface area contributed by atoms with Crippen molar-refractivity contribution in [2.75, 3.05) is 0 Å². The second-order valence-electron chi connectivity index (χ2n) is 5.73. The zero-order chi connectivity index (χ0) is 15.6. The van der Waals surface area contributed by atoms with Gasteiger partial charge in [0.1, 0.15) is 0 Å². The molecule has 3 heteroatoms. The minimum Gasteiger partial charge on any atom is -0.287 e. The molecule has 0 aliphatic carbocycles. The van der Waals surface area contributed by atoms with E-state index in [2.05, 4.69) is 18.2 Å². The SMILES string of the molecule is Br.O=C(C[n+]1ccc2ccccc2c1)c1ccc2ccccc2c1. The molecule has 0 saturated carbocycles. The minimum atomic E-state index is 0. The fourth-order valence-electron chi connectivity index (χ4n) is 2.90. The summed E-state index contributed by atoms with van der Waals surface area (Å²) in [5.74, 6) is 0.121. The van der Waals surface area contributed by atoms with Crippen molar-refractivity contribution in [3.05, 3.63) is 90.8 Å². The van der Waals surface area contributed by atoms with Gasteiger partial charge in [0.05, 0.1) is 0 Å². The van der Waals surface area contributed by atoms with Crippen LogP contribution in [0.25, 0.3) is 21.5 Å². The van der Waals surface area contributed by atoms with Crippen molar-refractivity contribution in [3.8, 4) is 0 Å². The number of ketones is 1. The first kappa shape index (κ1) is 16.3. The maximum Gasteiger partial charge on any atom is 0.227 e. The number of halogens is 1. The molecular weight excluding hydrogens is 362 g/mol. The van der Waals surface area contributed by atoms with Crippen molar-refractivity contribution in [3.63, 3.8) is 0 Å². The molecule has 2 nitrogen and oxygen atoms in total. The summed E-state index contributed by atoms with van der Waals surface area (Å²) in [6, 6.07) is 24.2. The van der Waals surface area contributed by atoms with Crippen LogP contribution in [0.5, 0.6) is 0 Å². The van der Waals surface area contributed by atoms with E-state index < -0.39 is 0 Å². The summed E-state index contributed by atoms with van der Waals surface area (Å²) >= 11 is 0. The van der Waals surface area contributed by atoms with Gasteiger partial charge in [0.2, 0.25) is 12.3 Å². The van der Waals surface area contributed by atoms with E-state index in [-0.39, 0.29) is 22.8 Å². The van der Waals surface area contributed by atoms with Crippen LogP contribution in [0.3, 0.4) is 0 Å². The van der Waals surface area contributed by atoms with Gasteiger partial charge in [-0.2, -0.15) is 4.57 Å². The number of benzene rings is 3. The largest absolute Gasteiger partial charge is 0.287 e. The van der Waals surface area contributed by atoms with Crippen molar-refractivity contribution >= 4 is 44.3 Å². The first-order chi connectivity index (χ1) is 11.3. The van der Waals surface area contributed by atoms with E-state index in [1.807, 2.05) is 71.6 Å². The quantitative estimate of drug-likeness (QED) is 0.372. The van der Waals surface area contributed by atoms with Gasteiger partial charge in [0, 0.05) is 17.0 Å². The molecule has 1 aromatic heterocycles. The first-order valence-electron chi connectivity index (χ1n) is 7.69. The number of pyridine rings is 1. The maximum atomic E-state index is 12.6. The van der Waals surface area contributed by atoms with Crippen LogP contribution in [0.15, 0.2) is 85.2 Å². The van der Waals surface area contributed by atoms with Crippen LogP contribution in [0.4, 0.5) is 0 Å². The van der Waals surface area contributed by atoms with Gasteiger partial charge in [-0.3, -0.25) is 4.79 Å². The Labute approximate surface area is 151 Å². The number of aromatic nitrogens is 1. The Morgan fingerprint density at radius 2 is 1.38 bits per heavy atom. The van der Waals surface area contributed by atoms with Crippen LogP contribution < -0.4 is 4.57 Å². The van der Waals surface area contributed by atoms with E-state index in [4.69, 9.17) is 0 Å². The van der Waals surface area contributed by atoms with E-state index in [1.54, 1.807) is 0 Å². The Balaban J connectivity index is 0.00000169. The molecule has 0 bridgehead atoms. The molecule has 4 aromatic rings. The molecule has 0 aliphatic heterocycles. The number of nitrogens with zero attached hydrogens (tertiary/aromatic N) is 1. The smallest absolute Gasteiger partial charge is 0.227 e. The predicted octanol–water partition coefficient (Wildman–Crippen LogP) is 4.74. The zero-order valence-corrected chi connectivity index (χ0v) is 14.8. The summed E-state index contributed by atoms with van der Waals surface area (Å²) in [4.78, 5) is 12.6. The lowest BCUT2D eigenvalue weighted by Gasteiger charge is -2.02. The molecule has 4 rings (SSSR count). The average molecular weight is 379 g/mol. The van der Waals surface area contributed by atoms with Crippen LogP contribution in [0.2, 0.25) is 0 Å². The number of carbonyl (C=O) groups excluding carboxylic acids is 1. The predicted molar refractivity (Wildman–Crippen MR) is 103 cm³/mol. The van der Waals surface area contributed by atoms with Crippen LogP contribution >= 0.6 is 17.0 Å². The second-order valence-corrected chi connectivity index (χ2v) is 5.73. The fourth-order valence-corrected chi connectivity index (χ4v) is 2.90. The third kappa shape index (κ3) is 3.22. The lowest BCUT2D eigenvalue weighted by molar-refractivity contribution is -0.681. The molecule has 1 heterocycles. The average Bonchev–Trinajstić information content (AvgIpc) is 2.61. The van der Waals surface area contributed by atoms with Gasteiger partial charge >= 0.3 is 0 Å². The minimum absolute atomic E-state index is 0. The van der Waals surface area contributed by atoms with Crippen molar-refractivity contribution < 1.29 is 9.36 Å². The summed E-state index contributed by atoms with van der Waals surface area (Å²) in [5.41, 5.74) is 0.754. The zero-order valence-electron chi connectivity index (χ0n) is 13.1. The highest BCUT2D eigenvalue weighted by Crippen LogP contribution is 2.16. The number of carbonyl (C=O) groups is 1. The van der Waals surface area contributed by atoms with Crippen LogP contribution in [-0.4, -0.2) is 5.78 Å². The summed E-state index contributed by atoms with van der Waals surface area (Å²) in [6.07, 6.45) is 3.98. The summed E-state index contributed by atoms with van der Waals surface area (Å²) in [7, 11) is 0. The Bertz CT molecular complexity index is 1030. The first-order valence-corrected chi connectivity index (χ1v) is 7.69. The van der Waals surface area contributed by atoms with Crippen LogP contribution in [0, 0.1) is 0 Å². The fraction of sp³-hybridized carbons (Fsp3) is 0.0476. The van der Waals surface area contributed by atoms with E-state index in [9.17, 15) is 4.79 Å². The number of Topliss-reactive ketones (excluding diaryl/α,β-unsaturated/α-hetero) is 1. The molecule has 0 fully saturated rings. The van der Waals surface area contributed by atoms with Crippen molar-refractivity contribution in [1.29, 1.82) is 0 Å². The Hall–Kier alpha value is -2.52. The molecule has 0 atom stereocenters. The maximum absolute atomic E-state index is 12.6. The van der Waals surface area contributed by atoms with Gasteiger partial charge in [-0.1, -0.05) is 54.6 Å². The number of hydrogen-bond donors (Lipinski definition) is 0. The molecule has 0 radical (unpaired) electrons. The topological polar surface area (TPSA) is 20.9 Å². The Morgan fingerprint density at radius 3 is 2.12 bits per heavy atom. The molecule has 0 saturated heterocycles. The number of rotatable bonds is 3. The highest BCUT2D eigenvalue weighted by molar-refractivity contribution is 8.93. The van der Waals surface area contributed by atoms with Gasteiger partial charge < -0.3 is 0 Å². The third-order valence-corrected chi connectivity index (χ3v) is 4.14. The van der Waals surface area contributed by atoms with E-state index in [0.29, 0.717) is 6.54 Å². The molecule has 0 aliphatic rings. The molecule has 0 spiro atoms. The van der Waals surface area contributed by atoms with Gasteiger partial charge in [-0.15, -0.1) is 17.0 Å². The normalized spacial score (nSPS) is 10.5. The summed E-state index contributed by atoms with van der Waals surface area (Å²) < 4.78 is 1.94. The molecule has 0 amide bonds. The standard InChI is InChI=1S/C21H16NO.BrH/c23-21(19-10-9-16-5-1-3-7-18(16)13-19)15-22-12-11-17-6-2-4-8-20(17)14-22;/h1-14H,15H2;1H/q+1;. The lowest BCUT2D eigenvalue weighted by Crippen LogP contribution is -2.37. The third-order valence-electron chi connectivity index (χ3n) is 4.14. The monoisotopic (exact) mass is 378 g/mol. The molecule has 0 N–H and O–H groups in total. The van der Waals surface area contributed by atoms with Crippen molar-refractivity contribution in [2.45, 2.75) is 6.54 Å². The van der Waals surface area contributed by atoms with Crippen LogP contribution in [-0.2, 0) is 6.54 Å². The van der Waals surface area contributed by atoms with Gasteiger partial charge in [-0.25, -0.2) is 0 Å². The number of hydrogen-bond acceptors (Lipinski definition) is 1. The van der Waals surface area contributed by atoms with E-state index in [1.165, 1.54) is 5.39 Å². The van der Waals surface area contributed by atoms with E-state index >= 15 is 0 Å². The highest BCUT2D eigenvalue weighted by Gasteiger charge is 2.13. The van der Waals surface area contributed by atoms with Crippen molar-refractivity contribution in [1.82, 2.24) is 0 Å². The summed E-state index contributed by atoms with van der Waals surface area (Å²) in [6.45, 7) is 0.350. The molecule has 118 valence electrons. The van der Waals surface area contributed by atoms with E-state index in [0.717, 1.165) is 21.7 Å². The molecule has 3 aromatic carbocycles. The van der Waals surface area contributed by atoms with Gasteiger partial charge in [0.15, 0.2) is 12.4 Å². The lowest BCUT2D eigenvalue weighted by atomic mass is 10.0.